The molecule has 0 aliphatic carbocycles. The summed E-state index contributed by atoms with van der Waals surface area (Å²) in [6.07, 6.45) is -5.76. The lowest BCUT2D eigenvalue weighted by atomic mass is 10.2. The zero-order chi connectivity index (χ0) is 7.02. The van der Waals surface area contributed by atoms with Crippen LogP contribution < -0.4 is 0 Å². The van der Waals surface area contributed by atoms with Crippen molar-refractivity contribution in [3.05, 3.63) is 0 Å². The van der Waals surface area contributed by atoms with Gasteiger partial charge in [0.1, 0.15) is 12.2 Å². The van der Waals surface area contributed by atoms with E-state index in [2.05, 4.69) is 4.74 Å². The second-order valence-electron chi connectivity index (χ2n) is 1.90. The summed E-state index contributed by atoms with van der Waals surface area (Å²) in [7, 11) is 0. The van der Waals surface area contributed by atoms with Crippen LogP contribution in [0.25, 0.3) is 0 Å². The molecule has 1 fully saturated rings. The van der Waals surface area contributed by atoms with Crippen LogP contribution >= 0.6 is 0 Å². The van der Waals surface area contributed by atoms with Crippen molar-refractivity contribution in [1.29, 1.82) is 0 Å². The molecule has 4 atom stereocenters. The number of hydrogen-bond acceptors (Lipinski definition) is 5. The second kappa shape index (κ2) is 2.20. The highest BCUT2D eigenvalue weighted by atomic mass is 16.7. The first-order chi connectivity index (χ1) is 4.13. The van der Waals surface area contributed by atoms with Gasteiger partial charge in [-0.2, -0.15) is 0 Å². The van der Waals surface area contributed by atoms with E-state index in [1.807, 2.05) is 0 Å². The molecule has 0 radical (unpaired) electrons. The molecule has 1 saturated heterocycles. The molecule has 0 aromatic carbocycles. The van der Waals surface area contributed by atoms with Gasteiger partial charge in [0.2, 0.25) is 0 Å². The first-order valence-corrected chi connectivity index (χ1v) is 2.50. The van der Waals surface area contributed by atoms with Gasteiger partial charge in [0.25, 0.3) is 0 Å². The van der Waals surface area contributed by atoms with Crippen LogP contribution in [0, 0.1) is 0 Å². The van der Waals surface area contributed by atoms with Crippen molar-refractivity contribution in [2.24, 2.45) is 0 Å². The minimum atomic E-state index is -1.48. The van der Waals surface area contributed by atoms with Crippen LogP contribution in [0.1, 0.15) is 0 Å². The summed E-state index contributed by atoms with van der Waals surface area (Å²) >= 11 is 0. The smallest absolute Gasteiger partial charge is 0.186 e. The van der Waals surface area contributed by atoms with Gasteiger partial charge in [-0.15, -0.1) is 0 Å². The molecule has 9 heavy (non-hydrogen) atoms. The van der Waals surface area contributed by atoms with Gasteiger partial charge in [-0.3, -0.25) is 0 Å². The van der Waals surface area contributed by atoms with Gasteiger partial charge in [0, 0.05) is 0 Å². The van der Waals surface area contributed by atoms with E-state index < -0.39 is 24.8 Å². The van der Waals surface area contributed by atoms with Crippen LogP contribution in [-0.2, 0) is 4.74 Å². The van der Waals surface area contributed by atoms with E-state index in [4.69, 9.17) is 20.4 Å². The third kappa shape index (κ3) is 1.05. The molecule has 5 nitrogen and oxygen atoms in total. The van der Waals surface area contributed by atoms with E-state index >= 15 is 0 Å². The minimum absolute atomic E-state index is 1.40. The van der Waals surface area contributed by atoms with E-state index in [-0.39, 0.29) is 0 Å². The number of aliphatic hydroxyl groups excluding tert-OH is 4. The fourth-order valence-corrected chi connectivity index (χ4v) is 0.641. The summed E-state index contributed by atoms with van der Waals surface area (Å²) in [5.74, 6) is 0. The molecule has 2 unspecified atom stereocenters. The Morgan fingerprint density at radius 2 is 1.11 bits per heavy atom. The maximum Gasteiger partial charge on any atom is 0.186 e. The second-order valence-corrected chi connectivity index (χ2v) is 1.90. The molecule has 4 N–H and O–H groups in total. The van der Waals surface area contributed by atoms with Gasteiger partial charge in [-0.05, 0) is 0 Å². The number of hydrogen-bond donors (Lipinski definition) is 4. The lowest BCUT2D eigenvalue weighted by Gasteiger charge is -2.06. The van der Waals surface area contributed by atoms with Gasteiger partial charge in [-0.1, -0.05) is 0 Å². The normalized spacial score (nSPS) is 52.0. The fraction of sp³-hybridized carbons (Fsp3) is 1.00. The molecule has 1 aliphatic heterocycles. The topological polar surface area (TPSA) is 90.2 Å². The monoisotopic (exact) mass is 136 g/mol. The zero-order valence-corrected chi connectivity index (χ0v) is 4.51. The number of ether oxygens (including phenoxy) is 1. The van der Waals surface area contributed by atoms with Crippen molar-refractivity contribution in [3.8, 4) is 0 Å². The van der Waals surface area contributed by atoms with E-state index in [1.54, 1.807) is 0 Å². The van der Waals surface area contributed by atoms with Crippen molar-refractivity contribution in [1.82, 2.24) is 0 Å². The summed E-state index contributed by atoms with van der Waals surface area (Å²) in [6.45, 7) is 0. The van der Waals surface area contributed by atoms with Crippen molar-refractivity contribution in [2.75, 3.05) is 0 Å². The van der Waals surface area contributed by atoms with Crippen molar-refractivity contribution in [3.63, 3.8) is 0 Å². The lowest BCUT2D eigenvalue weighted by Crippen LogP contribution is -2.32. The molecule has 0 saturated carbocycles. The average Bonchev–Trinajstić information content (AvgIpc) is 1.98. The molecule has 0 aromatic rings. The molecule has 0 spiro atoms. The first kappa shape index (κ1) is 6.91. The third-order valence-corrected chi connectivity index (χ3v) is 1.21. The standard InChI is InChI=1S/C4H8O5/c5-1-2(6)4(8)9-3(1)7/h1-8H/t1-,2-,3?,4?/m0/s1. The number of rotatable bonds is 0. The van der Waals surface area contributed by atoms with E-state index in [1.165, 1.54) is 0 Å². The Balaban J connectivity index is 2.54. The van der Waals surface area contributed by atoms with Gasteiger partial charge >= 0.3 is 0 Å². The third-order valence-electron chi connectivity index (χ3n) is 1.21. The summed E-state index contributed by atoms with van der Waals surface area (Å²) in [4.78, 5) is 0. The SMILES string of the molecule is OC1OC(O)[C@@H](O)[C@@H]1O. The summed E-state index contributed by atoms with van der Waals surface area (Å²) in [5, 5.41) is 34.4. The first-order valence-electron chi connectivity index (χ1n) is 2.50. The molecular formula is C4H8O5. The van der Waals surface area contributed by atoms with Crippen LogP contribution in [0.15, 0.2) is 0 Å². The Labute approximate surface area is 51.1 Å². The van der Waals surface area contributed by atoms with E-state index in [0.29, 0.717) is 0 Å². The van der Waals surface area contributed by atoms with Crippen LogP contribution in [0.5, 0.6) is 0 Å². The summed E-state index contributed by atoms with van der Waals surface area (Å²) in [6, 6.07) is 0. The molecule has 1 heterocycles. The van der Waals surface area contributed by atoms with Gasteiger partial charge in [-0.25, -0.2) is 0 Å². The molecular weight excluding hydrogens is 128 g/mol. The van der Waals surface area contributed by atoms with Crippen molar-refractivity contribution < 1.29 is 25.2 Å². The zero-order valence-electron chi connectivity index (χ0n) is 4.51. The fourth-order valence-electron chi connectivity index (χ4n) is 0.641. The summed E-state index contributed by atoms with van der Waals surface area (Å²) < 4.78 is 4.20. The Hall–Kier alpha value is -0.200. The predicted octanol–water partition coefficient (Wildman–Crippen LogP) is -2.62. The highest BCUT2D eigenvalue weighted by Crippen LogP contribution is 2.16. The Morgan fingerprint density at radius 1 is 0.778 bits per heavy atom. The molecule has 0 amide bonds. The minimum Gasteiger partial charge on any atom is -0.385 e. The van der Waals surface area contributed by atoms with Crippen LogP contribution in [0.4, 0.5) is 0 Å². The molecule has 54 valence electrons. The maximum atomic E-state index is 8.65. The molecule has 0 aromatic heterocycles. The Kier molecular flexibility index (Phi) is 1.69. The largest absolute Gasteiger partial charge is 0.385 e. The highest BCUT2D eigenvalue weighted by molar-refractivity contribution is 4.78. The Morgan fingerprint density at radius 3 is 1.22 bits per heavy atom. The molecule has 1 rings (SSSR count). The molecule has 1 aliphatic rings. The molecule has 0 bridgehead atoms. The lowest BCUT2D eigenvalue weighted by molar-refractivity contribution is -0.182. The van der Waals surface area contributed by atoms with Crippen molar-refractivity contribution in [2.45, 2.75) is 24.8 Å². The van der Waals surface area contributed by atoms with Gasteiger partial charge in [0.15, 0.2) is 12.6 Å². The van der Waals surface area contributed by atoms with Crippen molar-refractivity contribution >= 4 is 0 Å². The molecule has 5 heteroatoms. The highest BCUT2D eigenvalue weighted by Gasteiger charge is 2.40. The predicted molar refractivity (Wildman–Crippen MR) is 25.1 cm³/mol. The van der Waals surface area contributed by atoms with Crippen LogP contribution in [0.3, 0.4) is 0 Å². The van der Waals surface area contributed by atoms with Gasteiger partial charge in [0.05, 0.1) is 0 Å². The van der Waals surface area contributed by atoms with E-state index in [0.717, 1.165) is 0 Å². The quantitative estimate of drug-likeness (QED) is 0.292. The van der Waals surface area contributed by atoms with E-state index in [9.17, 15) is 0 Å². The van der Waals surface area contributed by atoms with Crippen LogP contribution in [0.2, 0.25) is 0 Å². The van der Waals surface area contributed by atoms with Gasteiger partial charge < -0.3 is 25.2 Å². The van der Waals surface area contributed by atoms with Crippen LogP contribution in [-0.4, -0.2) is 45.2 Å². The number of aliphatic hydroxyl groups is 4. The Bertz CT molecular complexity index is 93.1. The summed E-state index contributed by atoms with van der Waals surface area (Å²) in [5.41, 5.74) is 0. The average molecular weight is 136 g/mol. The maximum absolute atomic E-state index is 8.65.